The van der Waals surface area contributed by atoms with E-state index in [1.54, 1.807) is 0 Å². The van der Waals surface area contributed by atoms with Crippen LogP contribution < -0.4 is 10.6 Å². The Balaban J connectivity index is 1.42. The van der Waals surface area contributed by atoms with Crippen molar-refractivity contribution in [2.45, 2.75) is 51.0 Å². The molecule has 2 amide bonds. The third-order valence-electron chi connectivity index (χ3n) is 5.32. The van der Waals surface area contributed by atoms with Crippen molar-refractivity contribution in [3.8, 4) is 0 Å². The number of aliphatic hydroxyl groups is 1. The summed E-state index contributed by atoms with van der Waals surface area (Å²) in [5.74, 6) is 0.537. The van der Waals surface area contributed by atoms with E-state index < -0.39 is 0 Å². The van der Waals surface area contributed by atoms with Crippen LogP contribution >= 0.6 is 0 Å². The number of piperidine rings is 1. The fourth-order valence-corrected chi connectivity index (χ4v) is 3.62. The summed E-state index contributed by atoms with van der Waals surface area (Å²) in [5.41, 5.74) is 2.13. The lowest BCUT2D eigenvalue weighted by Gasteiger charge is -2.26. The van der Waals surface area contributed by atoms with E-state index in [0.29, 0.717) is 12.3 Å². The van der Waals surface area contributed by atoms with E-state index in [4.69, 9.17) is 5.11 Å². The van der Waals surface area contributed by atoms with Crippen LogP contribution in [0.25, 0.3) is 0 Å². The molecule has 1 saturated carbocycles. The van der Waals surface area contributed by atoms with Crippen LogP contribution in [0.5, 0.6) is 0 Å². The Kier molecular flexibility index (Phi) is 6.70. The van der Waals surface area contributed by atoms with Crippen LogP contribution in [0.2, 0.25) is 0 Å². The zero-order chi connectivity index (χ0) is 17.5. The fourth-order valence-electron chi connectivity index (χ4n) is 3.62. The molecule has 2 aliphatic rings. The second kappa shape index (κ2) is 9.20. The standard InChI is InChI=1S/C20H31N3O2/c24-15-11-19(17-6-7-17)22-20(25)21-18-8-4-16(5-9-18)10-14-23-12-2-1-3-13-23/h4-5,8-9,17,19,24H,1-3,6-7,10-15H2,(H2,21,22,25). The molecule has 1 aromatic rings. The minimum absolute atomic E-state index is 0.0915. The number of benzene rings is 1. The number of carbonyl (C=O) groups is 1. The number of rotatable bonds is 8. The summed E-state index contributed by atoms with van der Waals surface area (Å²) in [6.45, 7) is 3.70. The summed E-state index contributed by atoms with van der Waals surface area (Å²) in [6, 6.07) is 8.07. The van der Waals surface area contributed by atoms with Crippen molar-refractivity contribution in [2.75, 3.05) is 31.6 Å². The molecule has 1 saturated heterocycles. The molecular weight excluding hydrogens is 314 g/mol. The van der Waals surface area contributed by atoms with Gasteiger partial charge in [-0.05, 0) is 75.2 Å². The number of aliphatic hydroxyl groups excluding tert-OH is 1. The van der Waals surface area contributed by atoms with Gasteiger partial charge < -0.3 is 20.6 Å². The van der Waals surface area contributed by atoms with Crippen LogP contribution in [0.4, 0.5) is 10.5 Å². The maximum atomic E-state index is 12.1. The third kappa shape index (κ3) is 6.01. The first-order valence-electron chi connectivity index (χ1n) is 9.74. The Hall–Kier alpha value is -1.59. The molecule has 5 heteroatoms. The maximum absolute atomic E-state index is 12.1. The smallest absolute Gasteiger partial charge is 0.319 e. The zero-order valence-corrected chi connectivity index (χ0v) is 15.0. The summed E-state index contributed by atoms with van der Waals surface area (Å²) in [4.78, 5) is 14.7. The van der Waals surface area contributed by atoms with Crippen LogP contribution in [0, 0.1) is 5.92 Å². The SMILES string of the molecule is O=C(Nc1ccc(CCN2CCCCC2)cc1)NC(CCO)C1CC1. The molecule has 138 valence electrons. The largest absolute Gasteiger partial charge is 0.396 e. The van der Waals surface area contributed by atoms with Gasteiger partial charge in [0.2, 0.25) is 0 Å². The minimum Gasteiger partial charge on any atom is -0.396 e. The van der Waals surface area contributed by atoms with E-state index in [1.165, 1.54) is 37.9 Å². The molecule has 1 aliphatic carbocycles. The van der Waals surface area contributed by atoms with Gasteiger partial charge in [-0.3, -0.25) is 0 Å². The number of carbonyl (C=O) groups excluding carboxylic acids is 1. The van der Waals surface area contributed by atoms with Crippen molar-refractivity contribution in [2.24, 2.45) is 5.92 Å². The highest BCUT2D eigenvalue weighted by atomic mass is 16.3. The highest BCUT2D eigenvalue weighted by molar-refractivity contribution is 5.89. The highest BCUT2D eigenvalue weighted by Crippen LogP contribution is 2.33. The van der Waals surface area contributed by atoms with E-state index in [1.807, 2.05) is 12.1 Å². The molecule has 0 radical (unpaired) electrons. The Morgan fingerprint density at radius 1 is 1.16 bits per heavy atom. The van der Waals surface area contributed by atoms with Gasteiger partial charge in [0.05, 0.1) is 0 Å². The molecule has 1 aromatic carbocycles. The number of likely N-dealkylation sites (tertiary alicyclic amines) is 1. The van der Waals surface area contributed by atoms with Gasteiger partial charge in [0.15, 0.2) is 0 Å². The van der Waals surface area contributed by atoms with Crippen LogP contribution in [0.1, 0.15) is 44.1 Å². The molecule has 1 atom stereocenters. The molecule has 25 heavy (non-hydrogen) atoms. The van der Waals surface area contributed by atoms with E-state index in [0.717, 1.165) is 31.5 Å². The first-order valence-corrected chi connectivity index (χ1v) is 9.74. The lowest BCUT2D eigenvalue weighted by atomic mass is 10.1. The minimum atomic E-state index is -0.175. The highest BCUT2D eigenvalue weighted by Gasteiger charge is 2.31. The molecule has 3 rings (SSSR count). The van der Waals surface area contributed by atoms with Gasteiger partial charge in [0.1, 0.15) is 0 Å². The topological polar surface area (TPSA) is 64.6 Å². The van der Waals surface area contributed by atoms with Crippen molar-refractivity contribution in [3.05, 3.63) is 29.8 Å². The Bertz CT molecular complexity index is 536. The van der Waals surface area contributed by atoms with Crippen molar-refractivity contribution in [3.63, 3.8) is 0 Å². The van der Waals surface area contributed by atoms with Gasteiger partial charge in [-0.2, -0.15) is 0 Å². The maximum Gasteiger partial charge on any atom is 0.319 e. The van der Waals surface area contributed by atoms with Gasteiger partial charge in [-0.1, -0.05) is 18.6 Å². The Labute approximate surface area is 150 Å². The normalized spacial score (nSPS) is 19.4. The van der Waals surface area contributed by atoms with Crippen molar-refractivity contribution < 1.29 is 9.90 Å². The second-order valence-corrected chi connectivity index (χ2v) is 7.40. The fraction of sp³-hybridized carbons (Fsp3) is 0.650. The number of hydrogen-bond donors (Lipinski definition) is 3. The molecule has 0 aromatic heterocycles. The number of amides is 2. The van der Waals surface area contributed by atoms with Gasteiger partial charge in [-0.25, -0.2) is 4.79 Å². The molecule has 1 heterocycles. The average Bonchev–Trinajstić information content (AvgIpc) is 3.47. The van der Waals surface area contributed by atoms with Crippen LogP contribution in [-0.2, 0) is 6.42 Å². The van der Waals surface area contributed by atoms with Gasteiger partial charge >= 0.3 is 6.03 Å². The quantitative estimate of drug-likeness (QED) is 0.679. The summed E-state index contributed by atoms with van der Waals surface area (Å²) < 4.78 is 0. The van der Waals surface area contributed by atoms with E-state index in [2.05, 4.69) is 27.7 Å². The van der Waals surface area contributed by atoms with E-state index in [-0.39, 0.29) is 18.7 Å². The summed E-state index contributed by atoms with van der Waals surface area (Å²) in [6.07, 6.45) is 8.03. The number of nitrogens with zero attached hydrogens (tertiary/aromatic N) is 1. The molecule has 3 N–H and O–H groups in total. The number of anilines is 1. The first-order chi connectivity index (χ1) is 12.2. The van der Waals surface area contributed by atoms with E-state index >= 15 is 0 Å². The van der Waals surface area contributed by atoms with Gasteiger partial charge in [-0.15, -0.1) is 0 Å². The predicted octanol–water partition coefficient (Wildman–Crippen LogP) is 3.00. The lowest BCUT2D eigenvalue weighted by molar-refractivity contribution is 0.231. The molecule has 0 bridgehead atoms. The van der Waals surface area contributed by atoms with Crippen LogP contribution in [-0.4, -0.2) is 48.3 Å². The second-order valence-electron chi connectivity index (χ2n) is 7.40. The van der Waals surface area contributed by atoms with E-state index in [9.17, 15) is 4.79 Å². The monoisotopic (exact) mass is 345 g/mol. The van der Waals surface area contributed by atoms with Crippen molar-refractivity contribution in [1.82, 2.24) is 10.2 Å². The van der Waals surface area contributed by atoms with Crippen LogP contribution in [0.15, 0.2) is 24.3 Å². The lowest BCUT2D eigenvalue weighted by Crippen LogP contribution is -2.39. The van der Waals surface area contributed by atoms with Gasteiger partial charge in [0, 0.05) is 24.9 Å². The van der Waals surface area contributed by atoms with Crippen molar-refractivity contribution in [1.29, 1.82) is 0 Å². The summed E-state index contributed by atoms with van der Waals surface area (Å²) in [5, 5.41) is 15.0. The molecule has 5 nitrogen and oxygen atoms in total. The number of hydrogen-bond acceptors (Lipinski definition) is 3. The molecule has 0 spiro atoms. The molecule has 1 unspecified atom stereocenters. The summed E-state index contributed by atoms with van der Waals surface area (Å²) in [7, 11) is 0. The number of urea groups is 1. The molecular formula is C20H31N3O2. The van der Waals surface area contributed by atoms with Gasteiger partial charge in [0.25, 0.3) is 0 Å². The third-order valence-corrected chi connectivity index (χ3v) is 5.32. The first kappa shape index (κ1) is 18.2. The summed E-state index contributed by atoms with van der Waals surface area (Å²) >= 11 is 0. The van der Waals surface area contributed by atoms with Crippen molar-refractivity contribution >= 4 is 11.7 Å². The molecule has 1 aliphatic heterocycles. The average molecular weight is 345 g/mol. The Morgan fingerprint density at radius 2 is 1.88 bits per heavy atom. The van der Waals surface area contributed by atoms with Crippen LogP contribution in [0.3, 0.4) is 0 Å². The predicted molar refractivity (Wildman–Crippen MR) is 101 cm³/mol. The zero-order valence-electron chi connectivity index (χ0n) is 15.0. The Morgan fingerprint density at radius 3 is 2.52 bits per heavy atom. The number of nitrogens with one attached hydrogen (secondary N) is 2. The molecule has 2 fully saturated rings.